The first-order valence-corrected chi connectivity index (χ1v) is 7.93. The number of aromatic hydroxyl groups is 1. The zero-order chi connectivity index (χ0) is 16.7. The largest absolute Gasteiger partial charge is 0.522 e. The molecule has 1 aromatic carbocycles. The number of benzene rings is 1. The third-order valence-corrected chi connectivity index (χ3v) is 3.36. The van der Waals surface area contributed by atoms with Crippen LogP contribution in [0.25, 0.3) is 0 Å². The first-order chi connectivity index (χ1) is 10.4. The third kappa shape index (κ3) is 5.22. The van der Waals surface area contributed by atoms with Gasteiger partial charge in [0.25, 0.3) is 0 Å². The van der Waals surface area contributed by atoms with Gasteiger partial charge in [-0.1, -0.05) is 42.8 Å². The van der Waals surface area contributed by atoms with Crippen LogP contribution in [0.2, 0.25) is 0 Å². The normalized spacial score (nSPS) is 11.9. The molecule has 0 fully saturated rings. The van der Waals surface area contributed by atoms with Gasteiger partial charge in [-0.2, -0.15) is 0 Å². The van der Waals surface area contributed by atoms with E-state index < -0.39 is 18.0 Å². The zero-order valence-corrected chi connectivity index (χ0v) is 14.3. The lowest BCUT2D eigenvalue weighted by Gasteiger charge is -2.14. The average molecular weight is 375 g/mol. The molecule has 0 bridgehead atoms. The molecule has 7 heteroatoms. The Morgan fingerprint density at radius 3 is 2.55 bits per heavy atom. The Balaban J connectivity index is 2.77. The minimum absolute atomic E-state index is 0.0308. The minimum Gasteiger partial charge on any atom is -0.504 e. The predicted molar refractivity (Wildman–Crippen MR) is 83.5 cm³/mol. The van der Waals surface area contributed by atoms with E-state index in [1.807, 2.05) is 13.8 Å². The molecule has 122 valence electrons. The van der Waals surface area contributed by atoms with Crippen molar-refractivity contribution in [1.82, 2.24) is 0 Å². The summed E-state index contributed by atoms with van der Waals surface area (Å²) in [5, 5.41) is 10.3. The van der Waals surface area contributed by atoms with Crippen molar-refractivity contribution in [2.45, 2.75) is 20.8 Å². The summed E-state index contributed by atoms with van der Waals surface area (Å²) >= 11 is 3.20. The fraction of sp³-hybridized carbons (Fsp3) is 0.467. The summed E-state index contributed by atoms with van der Waals surface area (Å²) in [6, 6.07) is 4.41. The second-order valence-corrected chi connectivity index (χ2v) is 5.74. The smallest absolute Gasteiger partial charge is 0.504 e. The number of carbonyl (C=O) groups excluding carboxylic acids is 2. The van der Waals surface area contributed by atoms with Crippen molar-refractivity contribution in [3.63, 3.8) is 0 Å². The molecular weight excluding hydrogens is 356 g/mol. The maximum Gasteiger partial charge on any atom is 0.522 e. The monoisotopic (exact) mass is 374 g/mol. The Kier molecular flexibility index (Phi) is 7.17. The van der Waals surface area contributed by atoms with E-state index >= 15 is 0 Å². The van der Waals surface area contributed by atoms with Gasteiger partial charge in [-0.05, 0) is 18.1 Å². The van der Waals surface area contributed by atoms with Crippen LogP contribution in [0.15, 0.2) is 18.2 Å². The maximum absolute atomic E-state index is 11.7. The Bertz CT molecular complexity index is 529. The number of hydrogen-bond acceptors (Lipinski definition) is 6. The van der Waals surface area contributed by atoms with Gasteiger partial charge < -0.3 is 19.3 Å². The minimum atomic E-state index is -1.21. The average Bonchev–Trinajstić information content (AvgIpc) is 2.46. The molecule has 1 unspecified atom stereocenters. The van der Waals surface area contributed by atoms with E-state index in [4.69, 9.17) is 9.47 Å². The van der Waals surface area contributed by atoms with Crippen LogP contribution in [0.3, 0.4) is 0 Å². The van der Waals surface area contributed by atoms with E-state index in [2.05, 4.69) is 20.7 Å². The Morgan fingerprint density at radius 2 is 1.95 bits per heavy atom. The van der Waals surface area contributed by atoms with E-state index in [0.29, 0.717) is 11.9 Å². The molecule has 1 N–H and O–H groups in total. The van der Waals surface area contributed by atoms with Crippen LogP contribution in [-0.4, -0.2) is 29.2 Å². The van der Waals surface area contributed by atoms with Gasteiger partial charge in [-0.3, -0.25) is 4.79 Å². The molecule has 6 nitrogen and oxygen atoms in total. The number of rotatable bonds is 6. The number of phenols is 1. The second kappa shape index (κ2) is 8.63. The van der Waals surface area contributed by atoms with Gasteiger partial charge in [0.05, 0.1) is 12.5 Å². The molecule has 22 heavy (non-hydrogen) atoms. The lowest BCUT2D eigenvalue weighted by Crippen LogP contribution is -2.24. The maximum atomic E-state index is 11.7. The highest BCUT2D eigenvalue weighted by atomic mass is 79.9. The summed E-state index contributed by atoms with van der Waals surface area (Å²) in [4.78, 5) is 23.4. The molecule has 0 aromatic heterocycles. The van der Waals surface area contributed by atoms with Crippen LogP contribution in [-0.2, 0) is 9.53 Å². The van der Waals surface area contributed by atoms with Crippen molar-refractivity contribution < 1.29 is 28.9 Å². The molecule has 0 amide bonds. The van der Waals surface area contributed by atoms with Crippen molar-refractivity contribution in [1.29, 1.82) is 0 Å². The third-order valence-electron chi connectivity index (χ3n) is 3.03. The first kappa shape index (κ1) is 18.3. The molecule has 0 aliphatic heterocycles. The SMILES string of the molecule is CC(C)C(C)C(=O)OC(=O)Oc1c(O)cccc1OCCBr. The number of carbonyl (C=O) groups is 2. The summed E-state index contributed by atoms with van der Waals surface area (Å²) < 4.78 is 14.9. The topological polar surface area (TPSA) is 82.1 Å². The van der Waals surface area contributed by atoms with Crippen molar-refractivity contribution in [3.8, 4) is 17.2 Å². The van der Waals surface area contributed by atoms with E-state index in [1.165, 1.54) is 12.1 Å². The number of ether oxygens (including phenoxy) is 3. The summed E-state index contributed by atoms with van der Waals surface area (Å²) in [6.07, 6.45) is -1.21. The van der Waals surface area contributed by atoms with Gasteiger partial charge in [0.15, 0.2) is 11.5 Å². The number of esters is 1. The van der Waals surface area contributed by atoms with Crippen molar-refractivity contribution in [2.75, 3.05) is 11.9 Å². The molecule has 0 aliphatic rings. The molecule has 0 aliphatic carbocycles. The van der Waals surface area contributed by atoms with Crippen LogP contribution in [0.1, 0.15) is 20.8 Å². The van der Waals surface area contributed by atoms with Gasteiger partial charge in [-0.15, -0.1) is 0 Å². The van der Waals surface area contributed by atoms with Crippen LogP contribution in [0.5, 0.6) is 17.2 Å². The van der Waals surface area contributed by atoms with Gasteiger partial charge in [-0.25, -0.2) is 4.79 Å². The second-order valence-electron chi connectivity index (χ2n) is 4.95. The quantitative estimate of drug-likeness (QED) is 0.355. The highest BCUT2D eigenvalue weighted by Crippen LogP contribution is 2.36. The first-order valence-electron chi connectivity index (χ1n) is 6.81. The molecule has 0 saturated heterocycles. The van der Waals surface area contributed by atoms with Gasteiger partial charge >= 0.3 is 12.1 Å². The molecule has 1 aromatic rings. The summed E-state index contributed by atoms with van der Waals surface area (Å²) in [7, 11) is 0. The number of phenolic OH excluding ortho intramolecular Hbond substituents is 1. The fourth-order valence-electron chi connectivity index (χ4n) is 1.42. The number of para-hydroxylation sites is 1. The Hall–Kier alpha value is -1.76. The standard InChI is InChI=1S/C15H19BrO6/c1-9(2)10(3)14(18)22-15(19)21-13-11(17)5-4-6-12(13)20-8-7-16/h4-6,9-10,17H,7-8H2,1-3H3. The van der Waals surface area contributed by atoms with Crippen LogP contribution in [0, 0.1) is 11.8 Å². The van der Waals surface area contributed by atoms with Gasteiger partial charge in [0.2, 0.25) is 5.75 Å². The van der Waals surface area contributed by atoms with Crippen LogP contribution >= 0.6 is 15.9 Å². The molecular formula is C15H19BrO6. The fourth-order valence-corrected chi connectivity index (χ4v) is 1.58. The number of halogens is 1. The summed E-state index contributed by atoms with van der Waals surface area (Å²) in [6.45, 7) is 5.65. The predicted octanol–water partition coefficient (Wildman–Crippen LogP) is 3.50. The Labute approximate surface area is 137 Å². The number of alkyl halides is 1. The molecule has 0 radical (unpaired) electrons. The van der Waals surface area contributed by atoms with Crippen molar-refractivity contribution in [3.05, 3.63) is 18.2 Å². The summed E-state index contributed by atoms with van der Waals surface area (Å²) in [5.41, 5.74) is 0. The van der Waals surface area contributed by atoms with E-state index in [-0.39, 0.29) is 23.2 Å². The molecule has 0 saturated carbocycles. The molecule has 0 spiro atoms. The lowest BCUT2D eigenvalue weighted by molar-refractivity contribution is -0.144. The summed E-state index contributed by atoms with van der Waals surface area (Å²) in [5.74, 6) is -1.38. The van der Waals surface area contributed by atoms with E-state index in [0.717, 1.165) is 0 Å². The molecule has 0 heterocycles. The van der Waals surface area contributed by atoms with Gasteiger partial charge in [0.1, 0.15) is 0 Å². The molecule has 1 rings (SSSR count). The van der Waals surface area contributed by atoms with Crippen molar-refractivity contribution >= 4 is 28.1 Å². The lowest BCUT2D eigenvalue weighted by atomic mass is 9.99. The van der Waals surface area contributed by atoms with Crippen molar-refractivity contribution in [2.24, 2.45) is 11.8 Å². The highest BCUT2D eigenvalue weighted by molar-refractivity contribution is 9.09. The van der Waals surface area contributed by atoms with E-state index in [9.17, 15) is 14.7 Å². The number of hydrogen-bond donors (Lipinski definition) is 1. The zero-order valence-electron chi connectivity index (χ0n) is 12.7. The van der Waals surface area contributed by atoms with Gasteiger partial charge in [0, 0.05) is 5.33 Å². The van der Waals surface area contributed by atoms with Crippen LogP contribution < -0.4 is 9.47 Å². The molecule has 1 atom stereocenters. The Morgan fingerprint density at radius 1 is 1.27 bits per heavy atom. The van der Waals surface area contributed by atoms with Crippen LogP contribution in [0.4, 0.5) is 4.79 Å². The van der Waals surface area contributed by atoms with E-state index in [1.54, 1.807) is 13.0 Å². The highest BCUT2D eigenvalue weighted by Gasteiger charge is 2.24.